The largest absolute Gasteiger partial charge is 0.469 e. The molecule has 0 unspecified atom stereocenters. The third-order valence-electron chi connectivity index (χ3n) is 3.74. The SMILES string of the molecule is COC(=O)CC[C@@](C)(C(=O)OC)N(C(=O)OC)C(=O)c1ccccc1. The van der Waals surface area contributed by atoms with Crippen LogP contribution in [0.15, 0.2) is 30.3 Å². The lowest BCUT2D eigenvalue weighted by molar-refractivity contribution is -0.153. The summed E-state index contributed by atoms with van der Waals surface area (Å²) in [4.78, 5) is 49.6. The Hall–Kier alpha value is -2.90. The van der Waals surface area contributed by atoms with Crippen molar-refractivity contribution in [3.05, 3.63) is 35.9 Å². The summed E-state index contributed by atoms with van der Waals surface area (Å²) in [6.45, 7) is 1.33. The molecule has 0 bridgehead atoms. The Bertz CT molecular complexity index is 644. The molecule has 0 spiro atoms. The van der Waals surface area contributed by atoms with Gasteiger partial charge in [0.25, 0.3) is 5.91 Å². The smallest absolute Gasteiger partial charge is 0.417 e. The van der Waals surface area contributed by atoms with Crippen molar-refractivity contribution in [2.75, 3.05) is 21.3 Å². The average molecular weight is 351 g/mol. The molecule has 8 nitrogen and oxygen atoms in total. The molecule has 0 radical (unpaired) electrons. The summed E-state index contributed by atoms with van der Waals surface area (Å²) in [5.74, 6) is -2.19. The molecule has 2 amide bonds. The van der Waals surface area contributed by atoms with Crippen LogP contribution in [0.3, 0.4) is 0 Å². The zero-order chi connectivity index (χ0) is 19.0. The van der Waals surface area contributed by atoms with E-state index in [4.69, 9.17) is 4.74 Å². The van der Waals surface area contributed by atoms with Crippen molar-refractivity contribution in [2.45, 2.75) is 25.3 Å². The number of rotatable bonds is 6. The zero-order valence-corrected chi connectivity index (χ0v) is 14.6. The third-order valence-corrected chi connectivity index (χ3v) is 3.74. The number of carbonyl (C=O) groups excluding carboxylic acids is 4. The van der Waals surface area contributed by atoms with Crippen LogP contribution in [0.25, 0.3) is 0 Å². The van der Waals surface area contributed by atoms with E-state index in [0.717, 1.165) is 14.2 Å². The van der Waals surface area contributed by atoms with Gasteiger partial charge in [0.2, 0.25) is 0 Å². The number of ether oxygens (including phenoxy) is 3. The molecule has 25 heavy (non-hydrogen) atoms. The molecule has 0 aliphatic heterocycles. The van der Waals surface area contributed by atoms with Gasteiger partial charge in [0.1, 0.15) is 5.54 Å². The molecule has 0 N–H and O–H groups in total. The summed E-state index contributed by atoms with van der Waals surface area (Å²) in [7, 11) is 3.41. The average Bonchev–Trinajstić information content (AvgIpc) is 2.65. The fourth-order valence-electron chi connectivity index (χ4n) is 2.28. The highest BCUT2D eigenvalue weighted by molar-refractivity contribution is 6.06. The maximum absolute atomic E-state index is 12.8. The molecular formula is C17H21NO7. The Morgan fingerprint density at radius 3 is 2.04 bits per heavy atom. The highest BCUT2D eigenvalue weighted by Crippen LogP contribution is 2.27. The quantitative estimate of drug-likeness (QED) is 0.569. The Labute approximate surface area is 145 Å². The minimum absolute atomic E-state index is 0.181. The summed E-state index contributed by atoms with van der Waals surface area (Å²) >= 11 is 0. The normalized spacial score (nSPS) is 12.5. The highest BCUT2D eigenvalue weighted by Gasteiger charge is 2.48. The molecule has 1 aromatic carbocycles. The predicted molar refractivity (Wildman–Crippen MR) is 86.7 cm³/mol. The minimum atomic E-state index is -1.75. The van der Waals surface area contributed by atoms with Crippen LogP contribution in [0.1, 0.15) is 30.1 Å². The summed E-state index contributed by atoms with van der Waals surface area (Å²) in [6.07, 6.45) is -1.41. The number of imide groups is 1. The lowest BCUT2D eigenvalue weighted by atomic mass is 9.92. The van der Waals surface area contributed by atoms with Crippen LogP contribution in [0.4, 0.5) is 4.79 Å². The number of hydrogen-bond acceptors (Lipinski definition) is 7. The van der Waals surface area contributed by atoms with Crippen molar-refractivity contribution < 1.29 is 33.4 Å². The highest BCUT2D eigenvalue weighted by atomic mass is 16.6. The van der Waals surface area contributed by atoms with E-state index in [1.54, 1.807) is 18.2 Å². The van der Waals surface area contributed by atoms with Gasteiger partial charge in [0.15, 0.2) is 0 Å². The fourth-order valence-corrected chi connectivity index (χ4v) is 2.28. The van der Waals surface area contributed by atoms with Crippen LogP contribution in [0.5, 0.6) is 0 Å². The Morgan fingerprint density at radius 1 is 0.960 bits per heavy atom. The van der Waals surface area contributed by atoms with Gasteiger partial charge in [-0.25, -0.2) is 14.5 Å². The van der Waals surface area contributed by atoms with E-state index in [1.807, 2.05) is 0 Å². The topological polar surface area (TPSA) is 99.2 Å². The van der Waals surface area contributed by atoms with E-state index < -0.39 is 29.5 Å². The zero-order valence-electron chi connectivity index (χ0n) is 14.6. The maximum atomic E-state index is 12.8. The van der Waals surface area contributed by atoms with Gasteiger partial charge in [-0.3, -0.25) is 9.59 Å². The number of benzene rings is 1. The van der Waals surface area contributed by atoms with Crippen LogP contribution < -0.4 is 0 Å². The molecule has 0 saturated carbocycles. The monoisotopic (exact) mass is 351 g/mol. The van der Waals surface area contributed by atoms with E-state index >= 15 is 0 Å². The van der Waals surface area contributed by atoms with Crippen molar-refractivity contribution in [1.82, 2.24) is 4.90 Å². The van der Waals surface area contributed by atoms with Gasteiger partial charge in [-0.15, -0.1) is 0 Å². The van der Waals surface area contributed by atoms with E-state index in [9.17, 15) is 19.2 Å². The molecule has 136 valence electrons. The predicted octanol–water partition coefficient (Wildman–Crippen LogP) is 1.78. The van der Waals surface area contributed by atoms with Gasteiger partial charge in [-0.1, -0.05) is 18.2 Å². The summed E-state index contributed by atoms with van der Waals surface area (Å²) in [5, 5.41) is 0. The van der Waals surface area contributed by atoms with Crippen molar-refractivity contribution in [3.63, 3.8) is 0 Å². The molecule has 0 heterocycles. The first kappa shape index (κ1) is 20.1. The third kappa shape index (κ3) is 4.56. The van der Waals surface area contributed by atoms with E-state index in [2.05, 4.69) is 9.47 Å². The first-order valence-corrected chi connectivity index (χ1v) is 7.44. The molecule has 0 aromatic heterocycles. The summed E-state index contributed by atoms with van der Waals surface area (Å²) in [5.41, 5.74) is -1.57. The van der Waals surface area contributed by atoms with Gasteiger partial charge in [0, 0.05) is 12.0 Å². The van der Waals surface area contributed by atoms with Gasteiger partial charge in [-0.05, 0) is 25.5 Å². The number of amides is 2. The van der Waals surface area contributed by atoms with E-state index in [-0.39, 0.29) is 18.4 Å². The van der Waals surface area contributed by atoms with Gasteiger partial charge in [-0.2, -0.15) is 0 Å². The van der Waals surface area contributed by atoms with E-state index in [1.165, 1.54) is 26.2 Å². The lowest BCUT2D eigenvalue weighted by Crippen LogP contribution is -2.58. The number of methoxy groups -OCH3 is 3. The summed E-state index contributed by atoms with van der Waals surface area (Å²) in [6, 6.07) is 7.93. The van der Waals surface area contributed by atoms with Crippen molar-refractivity contribution in [2.24, 2.45) is 0 Å². The number of hydrogen-bond donors (Lipinski definition) is 0. The molecule has 0 aliphatic rings. The second-order valence-electron chi connectivity index (χ2n) is 5.32. The molecule has 1 rings (SSSR count). The Balaban J connectivity index is 3.34. The summed E-state index contributed by atoms with van der Waals surface area (Å²) < 4.78 is 14.0. The molecule has 8 heteroatoms. The van der Waals surface area contributed by atoms with Crippen LogP contribution in [0.2, 0.25) is 0 Å². The maximum Gasteiger partial charge on any atom is 0.417 e. The molecule has 1 atom stereocenters. The molecule has 0 aliphatic carbocycles. The molecule has 0 fully saturated rings. The van der Waals surface area contributed by atoms with Crippen LogP contribution in [0, 0.1) is 0 Å². The van der Waals surface area contributed by atoms with Crippen LogP contribution in [-0.4, -0.2) is 55.7 Å². The fraction of sp³-hybridized carbons (Fsp3) is 0.412. The first-order chi connectivity index (χ1) is 11.8. The van der Waals surface area contributed by atoms with Crippen molar-refractivity contribution in [3.8, 4) is 0 Å². The molecule has 0 saturated heterocycles. The minimum Gasteiger partial charge on any atom is -0.469 e. The second-order valence-corrected chi connectivity index (χ2v) is 5.32. The second kappa shape index (κ2) is 8.81. The van der Waals surface area contributed by atoms with E-state index in [0.29, 0.717) is 4.90 Å². The van der Waals surface area contributed by atoms with Gasteiger partial charge in [0.05, 0.1) is 21.3 Å². The number of nitrogens with zero attached hydrogens (tertiary/aromatic N) is 1. The molecule has 1 aromatic rings. The van der Waals surface area contributed by atoms with Crippen molar-refractivity contribution >= 4 is 23.9 Å². The lowest BCUT2D eigenvalue weighted by Gasteiger charge is -2.36. The van der Waals surface area contributed by atoms with Crippen LogP contribution >= 0.6 is 0 Å². The van der Waals surface area contributed by atoms with Crippen molar-refractivity contribution in [1.29, 1.82) is 0 Å². The molecular weight excluding hydrogens is 330 g/mol. The Kier molecular flexibility index (Phi) is 7.10. The number of esters is 2. The van der Waals surface area contributed by atoms with Crippen LogP contribution in [-0.2, 0) is 23.8 Å². The van der Waals surface area contributed by atoms with Gasteiger partial charge < -0.3 is 14.2 Å². The number of carbonyl (C=O) groups is 4. The standard InChI is InChI=1S/C17H21NO7/c1-17(15(21)24-3,11-10-13(19)23-2)18(16(22)25-4)14(20)12-8-6-5-7-9-12/h5-9H,10-11H2,1-4H3/t17-/m0/s1. The Morgan fingerprint density at radius 2 is 1.56 bits per heavy atom. The van der Waals surface area contributed by atoms with Gasteiger partial charge >= 0.3 is 18.0 Å². The first-order valence-electron chi connectivity index (χ1n) is 7.44.